The van der Waals surface area contributed by atoms with Crippen LogP contribution in [0.15, 0.2) is 208 Å². The van der Waals surface area contributed by atoms with Crippen LogP contribution in [0.4, 0.5) is 28.4 Å². The molecule has 68 heavy (non-hydrogen) atoms. The minimum atomic E-state index is 0.0942. The predicted octanol–water partition coefficient (Wildman–Crippen LogP) is 18.9. The second-order valence-electron chi connectivity index (χ2n) is 18.2. The molecule has 0 saturated heterocycles. The van der Waals surface area contributed by atoms with Gasteiger partial charge in [-0.25, -0.2) is 0 Å². The van der Waals surface area contributed by atoms with Crippen molar-refractivity contribution in [2.75, 3.05) is 9.80 Å². The van der Waals surface area contributed by atoms with E-state index in [9.17, 15) is 0 Å². The summed E-state index contributed by atoms with van der Waals surface area (Å²) in [7, 11) is 0. The third-order valence-electron chi connectivity index (χ3n) is 14.4. The van der Waals surface area contributed by atoms with Gasteiger partial charge in [0.05, 0.1) is 28.8 Å². The lowest BCUT2D eigenvalue weighted by Crippen LogP contribution is -2.35. The second-order valence-corrected chi connectivity index (χ2v) is 22.6. The summed E-state index contributed by atoms with van der Waals surface area (Å²) < 4.78 is 4.02. The van der Waals surface area contributed by atoms with Gasteiger partial charge in [-0.1, -0.05) is 133 Å². The van der Waals surface area contributed by atoms with Crippen molar-refractivity contribution in [1.82, 2.24) is 0 Å². The normalized spacial score (nSPS) is 15.6. The number of para-hydroxylation sites is 4. The highest BCUT2D eigenvalue weighted by Gasteiger charge is 2.34. The quantitative estimate of drug-likeness (QED) is 0.173. The fraction of sp³-hybridized carbons (Fsp3) is 0.0645. The molecule has 0 N–H and O–H groups in total. The lowest BCUT2D eigenvalue weighted by atomic mass is 9.78. The van der Waals surface area contributed by atoms with Crippen LogP contribution in [-0.4, -0.2) is 6.04 Å². The molecule has 0 saturated carbocycles. The molecule has 4 heterocycles. The first-order chi connectivity index (χ1) is 33.7. The molecule has 1 atom stereocenters. The lowest BCUT2D eigenvalue weighted by molar-refractivity contribution is 0.755. The smallest absolute Gasteiger partial charge is 0.0601 e. The largest absolute Gasteiger partial charge is 0.332 e. The standard InChI is InChI=1S/C62H40N2S4/c1-7-19-53-41(13-1)45-33-37(25-31-55(45)65-53)61-43-29-27-40(64-51-17-5-11-23-59(51)68-60-24-12-6-18-52(60)64)36-48(43)62(38-26-32-56-46(34-38)42-14-2-8-20-54(42)66-56)44-30-28-39(35-47(44)61)63-49-15-3-9-21-57(49)67-58-22-10-4-16-50(58)63/h1-7,9-19,21-35,40H,8,20,36H2. The average Bonchev–Trinajstić information content (AvgIpc) is 3.96. The van der Waals surface area contributed by atoms with Crippen molar-refractivity contribution < 1.29 is 0 Å². The van der Waals surface area contributed by atoms with Crippen LogP contribution in [0.1, 0.15) is 28.0 Å². The Bertz CT molecular complexity index is 3910. The molecule has 9 aromatic carbocycles. The fourth-order valence-electron chi connectivity index (χ4n) is 11.4. The maximum absolute atomic E-state index is 2.62. The molecule has 6 heteroatoms. The molecule has 1 unspecified atom stereocenters. The molecule has 2 nitrogen and oxygen atoms in total. The molecule has 11 aromatic rings. The minimum absolute atomic E-state index is 0.0942. The highest BCUT2D eigenvalue weighted by atomic mass is 32.2. The van der Waals surface area contributed by atoms with Gasteiger partial charge in [-0.05, 0) is 160 Å². The Balaban J connectivity index is 1.03. The lowest BCUT2D eigenvalue weighted by Gasteiger charge is -2.40. The monoisotopic (exact) mass is 940 g/mol. The Morgan fingerprint density at radius 2 is 1.04 bits per heavy atom. The van der Waals surface area contributed by atoms with E-state index in [-0.39, 0.29) is 6.04 Å². The number of hydrogen-bond donors (Lipinski definition) is 0. The van der Waals surface area contributed by atoms with Gasteiger partial charge >= 0.3 is 0 Å². The zero-order chi connectivity index (χ0) is 44.5. The first-order valence-electron chi connectivity index (χ1n) is 23.5. The van der Waals surface area contributed by atoms with Crippen molar-refractivity contribution in [1.29, 1.82) is 0 Å². The van der Waals surface area contributed by atoms with Crippen LogP contribution in [0.3, 0.4) is 0 Å². The van der Waals surface area contributed by atoms with Crippen molar-refractivity contribution in [3.63, 3.8) is 0 Å². The molecule has 2 aliphatic heterocycles. The summed E-state index contributed by atoms with van der Waals surface area (Å²) >= 11 is 7.61. The fourth-order valence-corrected chi connectivity index (χ4v) is 15.9. The van der Waals surface area contributed by atoms with E-state index in [0.29, 0.717) is 0 Å². The van der Waals surface area contributed by atoms with Gasteiger partial charge in [0.25, 0.3) is 0 Å². The van der Waals surface area contributed by atoms with E-state index in [4.69, 9.17) is 0 Å². The van der Waals surface area contributed by atoms with E-state index in [0.717, 1.165) is 24.9 Å². The third-order valence-corrected chi connectivity index (χ3v) is 19.1. The summed E-state index contributed by atoms with van der Waals surface area (Å²) in [5.41, 5.74) is 15.4. The van der Waals surface area contributed by atoms with E-state index in [1.54, 1.807) is 0 Å². The number of hydrogen-bond acceptors (Lipinski definition) is 6. The third kappa shape index (κ3) is 5.97. The molecule has 15 rings (SSSR count). The first kappa shape index (κ1) is 39.2. The molecule has 0 radical (unpaired) electrons. The maximum Gasteiger partial charge on any atom is 0.0601 e. The van der Waals surface area contributed by atoms with Crippen LogP contribution in [0.2, 0.25) is 0 Å². The Morgan fingerprint density at radius 3 is 1.78 bits per heavy atom. The first-order valence-corrected chi connectivity index (χ1v) is 26.7. The molecule has 0 bridgehead atoms. The van der Waals surface area contributed by atoms with Crippen molar-refractivity contribution in [2.45, 2.75) is 44.9 Å². The Labute approximate surface area is 411 Å². The number of thiophene rings is 2. The predicted molar refractivity (Wildman–Crippen MR) is 295 cm³/mol. The van der Waals surface area contributed by atoms with Crippen LogP contribution in [0.25, 0.3) is 75.4 Å². The van der Waals surface area contributed by atoms with Crippen LogP contribution >= 0.6 is 46.2 Å². The highest BCUT2D eigenvalue weighted by Crippen LogP contribution is 2.55. The number of rotatable bonds is 4. The van der Waals surface area contributed by atoms with Gasteiger partial charge in [-0.15, -0.1) is 22.7 Å². The number of allylic oxidation sites excluding steroid dienone is 1. The molecule has 4 aliphatic rings. The maximum atomic E-state index is 2.62. The van der Waals surface area contributed by atoms with Gasteiger partial charge < -0.3 is 9.80 Å². The van der Waals surface area contributed by atoms with Crippen molar-refractivity contribution in [3.05, 3.63) is 210 Å². The van der Waals surface area contributed by atoms with Crippen molar-refractivity contribution in [2.24, 2.45) is 0 Å². The summed E-state index contributed by atoms with van der Waals surface area (Å²) in [5.74, 6) is 0. The molecule has 2 aliphatic carbocycles. The Kier molecular flexibility index (Phi) is 8.86. The van der Waals surface area contributed by atoms with Gasteiger partial charge in [0, 0.05) is 60.4 Å². The SMILES string of the molecule is C1=Cc2c(sc3ccc(-c4c5c(c(-c6ccc7sc8ccccc8c7c6)c6cc(N7c8ccccc8Sc8ccccc87)ccc46)C=CC(N4c6ccccc6Sc6ccccc64)C5)cc23)CC1. The topological polar surface area (TPSA) is 6.48 Å². The summed E-state index contributed by atoms with van der Waals surface area (Å²) in [4.78, 5) is 11.7. The van der Waals surface area contributed by atoms with E-state index in [1.165, 1.54) is 127 Å². The molecular weight excluding hydrogens is 901 g/mol. The van der Waals surface area contributed by atoms with Gasteiger partial charge in [0.2, 0.25) is 0 Å². The Hall–Kier alpha value is -6.80. The molecule has 322 valence electrons. The number of fused-ring (bicyclic) bond motifs is 12. The highest BCUT2D eigenvalue weighted by molar-refractivity contribution is 8.00. The van der Waals surface area contributed by atoms with Gasteiger partial charge in [0.15, 0.2) is 0 Å². The van der Waals surface area contributed by atoms with Gasteiger partial charge in [0.1, 0.15) is 0 Å². The van der Waals surface area contributed by atoms with Crippen LogP contribution in [0.5, 0.6) is 0 Å². The minimum Gasteiger partial charge on any atom is -0.332 e. The second kappa shape index (κ2) is 15.4. The number of benzene rings is 9. The zero-order valence-corrected chi connectivity index (χ0v) is 40.0. The van der Waals surface area contributed by atoms with Crippen molar-refractivity contribution in [3.8, 4) is 22.3 Å². The molecular formula is C62H40N2S4. The van der Waals surface area contributed by atoms with E-state index in [2.05, 4.69) is 210 Å². The number of nitrogens with zero attached hydrogens (tertiary/aromatic N) is 2. The summed E-state index contributed by atoms with van der Waals surface area (Å²) in [5, 5.41) is 6.56. The van der Waals surface area contributed by atoms with Crippen LogP contribution in [0, 0.1) is 0 Å². The molecule has 0 fully saturated rings. The zero-order valence-electron chi connectivity index (χ0n) is 36.8. The van der Waals surface area contributed by atoms with Gasteiger partial charge in [-0.2, -0.15) is 0 Å². The number of aryl methyl sites for hydroxylation is 1. The van der Waals surface area contributed by atoms with Crippen LogP contribution in [-0.2, 0) is 12.8 Å². The van der Waals surface area contributed by atoms with Crippen molar-refractivity contribution >= 4 is 128 Å². The summed E-state index contributed by atoms with van der Waals surface area (Å²) in [6, 6.07) is 66.7. The summed E-state index contributed by atoms with van der Waals surface area (Å²) in [6.07, 6.45) is 12.8. The van der Waals surface area contributed by atoms with E-state index in [1.807, 2.05) is 46.2 Å². The summed E-state index contributed by atoms with van der Waals surface area (Å²) in [6.45, 7) is 0. The Morgan fingerprint density at radius 1 is 0.441 bits per heavy atom. The van der Waals surface area contributed by atoms with Gasteiger partial charge in [-0.3, -0.25) is 0 Å². The average molecular weight is 941 g/mol. The number of anilines is 5. The molecule has 2 aromatic heterocycles. The molecule has 0 amide bonds. The molecule has 0 spiro atoms. The van der Waals surface area contributed by atoms with E-state index < -0.39 is 0 Å². The van der Waals surface area contributed by atoms with E-state index >= 15 is 0 Å². The van der Waals surface area contributed by atoms with Crippen LogP contribution < -0.4 is 9.80 Å².